The van der Waals surface area contributed by atoms with Crippen LogP contribution in [0.25, 0.3) is 0 Å². The van der Waals surface area contributed by atoms with Crippen molar-refractivity contribution < 1.29 is 13.2 Å². The fourth-order valence-corrected chi connectivity index (χ4v) is 3.69. The van der Waals surface area contributed by atoms with Gasteiger partial charge in [-0.15, -0.1) is 0 Å². The van der Waals surface area contributed by atoms with Gasteiger partial charge in [0.05, 0.1) is 4.90 Å². The lowest BCUT2D eigenvalue weighted by molar-refractivity contribution is -0.116. The highest BCUT2D eigenvalue weighted by Crippen LogP contribution is 2.18. The molecule has 1 N–H and O–H groups in total. The van der Waals surface area contributed by atoms with Crippen LogP contribution in [0.15, 0.2) is 53.4 Å². The summed E-state index contributed by atoms with van der Waals surface area (Å²) in [6, 6.07) is 14.4. The lowest BCUT2D eigenvalue weighted by atomic mass is 10.0. The Balaban J connectivity index is 2.05. The Morgan fingerprint density at radius 3 is 2.31 bits per heavy atom. The minimum atomic E-state index is -3.60. The van der Waals surface area contributed by atoms with E-state index in [2.05, 4.69) is 18.6 Å². The third-order valence-electron chi connectivity index (χ3n) is 4.18. The molecule has 2 aromatic rings. The first-order valence-corrected chi connectivity index (χ1v) is 10.1. The molecule has 5 nitrogen and oxygen atoms in total. The van der Waals surface area contributed by atoms with Gasteiger partial charge in [-0.05, 0) is 48.2 Å². The van der Waals surface area contributed by atoms with Crippen molar-refractivity contribution in [3.8, 4) is 0 Å². The molecule has 26 heavy (non-hydrogen) atoms. The summed E-state index contributed by atoms with van der Waals surface area (Å²) < 4.78 is 27.5. The van der Waals surface area contributed by atoms with Crippen molar-refractivity contribution in [2.75, 3.05) is 18.0 Å². The molecule has 0 aliphatic rings. The fraction of sp³-hybridized carbons (Fsp3) is 0.350. The van der Waals surface area contributed by atoms with Crippen molar-refractivity contribution in [3.63, 3.8) is 0 Å². The SMILES string of the molecule is CC(=O)N(CCNS(=O)(=O)c1ccc(C(C)C)cc1)c1cccc(C)c1. The molecule has 0 aromatic heterocycles. The normalized spacial score (nSPS) is 11.6. The number of nitrogens with zero attached hydrogens (tertiary/aromatic N) is 1. The Labute approximate surface area is 156 Å². The number of carbonyl (C=O) groups excluding carboxylic acids is 1. The molecule has 0 aliphatic heterocycles. The molecule has 0 saturated heterocycles. The van der Waals surface area contributed by atoms with Crippen LogP contribution in [0, 0.1) is 6.92 Å². The molecule has 0 aliphatic carbocycles. The standard InChI is InChI=1S/C20H26N2O3S/c1-15(2)18-8-10-20(11-9-18)26(24,25)21-12-13-22(17(4)23)19-7-5-6-16(3)14-19/h5-11,14-15,21H,12-13H2,1-4H3. The summed E-state index contributed by atoms with van der Waals surface area (Å²) >= 11 is 0. The fourth-order valence-electron chi connectivity index (χ4n) is 2.67. The number of sulfonamides is 1. The monoisotopic (exact) mass is 374 g/mol. The molecule has 0 fully saturated rings. The molecule has 0 atom stereocenters. The number of rotatable bonds is 7. The zero-order valence-electron chi connectivity index (χ0n) is 15.7. The van der Waals surface area contributed by atoms with Gasteiger partial charge in [-0.1, -0.05) is 38.1 Å². The van der Waals surface area contributed by atoms with Crippen LogP contribution < -0.4 is 9.62 Å². The van der Waals surface area contributed by atoms with Crippen molar-refractivity contribution >= 4 is 21.6 Å². The topological polar surface area (TPSA) is 66.5 Å². The van der Waals surface area contributed by atoms with E-state index in [4.69, 9.17) is 0 Å². The summed E-state index contributed by atoms with van der Waals surface area (Å²) in [5, 5.41) is 0. The Morgan fingerprint density at radius 1 is 1.12 bits per heavy atom. The number of benzene rings is 2. The lowest BCUT2D eigenvalue weighted by Crippen LogP contribution is -2.37. The van der Waals surface area contributed by atoms with Gasteiger partial charge in [-0.3, -0.25) is 4.79 Å². The molecule has 0 heterocycles. The molecule has 0 unspecified atom stereocenters. The first kappa shape index (κ1) is 20.1. The van der Waals surface area contributed by atoms with Crippen molar-refractivity contribution in [2.45, 2.75) is 38.5 Å². The maximum absolute atomic E-state index is 12.4. The van der Waals surface area contributed by atoms with Crippen molar-refractivity contribution in [1.29, 1.82) is 0 Å². The smallest absolute Gasteiger partial charge is 0.240 e. The van der Waals surface area contributed by atoms with E-state index >= 15 is 0 Å². The van der Waals surface area contributed by atoms with E-state index in [0.717, 1.165) is 16.8 Å². The van der Waals surface area contributed by atoms with Crippen LogP contribution in [-0.4, -0.2) is 27.4 Å². The number of anilines is 1. The minimum Gasteiger partial charge on any atom is -0.311 e. The molecule has 0 bridgehead atoms. The Morgan fingerprint density at radius 2 is 1.77 bits per heavy atom. The average molecular weight is 375 g/mol. The quantitative estimate of drug-likeness (QED) is 0.807. The molecule has 0 spiro atoms. The third kappa shape index (κ3) is 5.16. The first-order valence-electron chi connectivity index (χ1n) is 8.65. The second-order valence-corrected chi connectivity index (χ2v) is 8.40. The summed E-state index contributed by atoms with van der Waals surface area (Å²) in [6.45, 7) is 7.95. The Bertz CT molecular complexity index is 859. The van der Waals surface area contributed by atoms with E-state index in [0.29, 0.717) is 5.92 Å². The van der Waals surface area contributed by atoms with Crippen LogP contribution in [0.1, 0.15) is 37.8 Å². The van der Waals surface area contributed by atoms with E-state index in [1.165, 1.54) is 6.92 Å². The summed E-state index contributed by atoms with van der Waals surface area (Å²) in [6.07, 6.45) is 0. The van der Waals surface area contributed by atoms with Crippen LogP contribution >= 0.6 is 0 Å². The zero-order chi connectivity index (χ0) is 19.3. The van der Waals surface area contributed by atoms with Gasteiger partial charge >= 0.3 is 0 Å². The van der Waals surface area contributed by atoms with Crippen LogP contribution in [-0.2, 0) is 14.8 Å². The highest BCUT2D eigenvalue weighted by molar-refractivity contribution is 7.89. The number of carbonyl (C=O) groups is 1. The summed E-state index contributed by atoms with van der Waals surface area (Å²) in [5.74, 6) is 0.217. The van der Waals surface area contributed by atoms with Gasteiger partial charge in [0.2, 0.25) is 15.9 Å². The number of hydrogen-bond acceptors (Lipinski definition) is 3. The highest BCUT2D eigenvalue weighted by Gasteiger charge is 2.16. The Kier molecular flexibility index (Phi) is 6.56. The average Bonchev–Trinajstić information content (AvgIpc) is 2.58. The van der Waals surface area contributed by atoms with E-state index < -0.39 is 10.0 Å². The van der Waals surface area contributed by atoms with Gasteiger partial charge < -0.3 is 4.90 Å². The van der Waals surface area contributed by atoms with Gasteiger partial charge in [-0.2, -0.15) is 0 Å². The number of aryl methyl sites for hydroxylation is 1. The first-order chi connectivity index (χ1) is 12.2. The number of nitrogens with one attached hydrogen (secondary N) is 1. The molecular formula is C20H26N2O3S. The zero-order valence-corrected chi connectivity index (χ0v) is 16.5. The molecule has 6 heteroatoms. The van der Waals surface area contributed by atoms with Crippen LogP contribution in [0.5, 0.6) is 0 Å². The van der Waals surface area contributed by atoms with Crippen LogP contribution in [0.2, 0.25) is 0 Å². The summed E-state index contributed by atoms with van der Waals surface area (Å²) in [5.41, 5.74) is 2.89. The largest absolute Gasteiger partial charge is 0.311 e. The lowest BCUT2D eigenvalue weighted by Gasteiger charge is -2.22. The molecule has 1 amide bonds. The van der Waals surface area contributed by atoms with Crippen LogP contribution in [0.3, 0.4) is 0 Å². The third-order valence-corrected chi connectivity index (χ3v) is 5.65. The maximum atomic E-state index is 12.4. The molecule has 0 radical (unpaired) electrons. The predicted octanol–water partition coefficient (Wildman–Crippen LogP) is 3.45. The number of hydrogen-bond donors (Lipinski definition) is 1. The van der Waals surface area contributed by atoms with E-state index in [1.807, 2.05) is 43.3 Å². The van der Waals surface area contributed by atoms with Gasteiger partial charge in [0.25, 0.3) is 0 Å². The van der Waals surface area contributed by atoms with Crippen molar-refractivity contribution in [1.82, 2.24) is 4.72 Å². The second kappa shape index (κ2) is 8.47. The van der Waals surface area contributed by atoms with Crippen molar-refractivity contribution in [2.24, 2.45) is 0 Å². The van der Waals surface area contributed by atoms with Gasteiger partial charge in [0.15, 0.2) is 0 Å². The van der Waals surface area contributed by atoms with Gasteiger partial charge in [0, 0.05) is 25.7 Å². The molecule has 0 saturated carbocycles. The Hall–Kier alpha value is -2.18. The second-order valence-electron chi connectivity index (χ2n) is 6.63. The van der Waals surface area contributed by atoms with Crippen molar-refractivity contribution in [3.05, 3.63) is 59.7 Å². The van der Waals surface area contributed by atoms with E-state index in [1.54, 1.807) is 17.0 Å². The highest BCUT2D eigenvalue weighted by atomic mass is 32.2. The molecule has 140 valence electrons. The van der Waals surface area contributed by atoms with Gasteiger partial charge in [0.1, 0.15) is 0 Å². The molecule has 2 rings (SSSR count). The van der Waals surface area contributed by atoms with Crippen LogP contribution in [0.4, 0.5) is 5.69 Å². The minimum absolute atomic E-state index is 0.129. The summed E-state index contributed by atoms with van der Waals surface area (Å²) in [4.78, 5) is 13.7. The predicted molar refractivity (Wildman–Crippen MR) is 105 cm³/mol. The maximum Gasteiger partial charge on any atom is 0.240 e. The summed E-state index contributed by atoms with van der Waals surface area (Å²) in [7, 11) is -3.60. The van der Waals surface area contributed by atoms with Gasteiger partial charge in [-0.25, -0.2) is 13.1 Å². The molecule has 2 aromatic carbocycles. The van der Waals surface area contributed by atoms with E-state index in [9.17, 15) is 13.2 Å². The molecular weight excluding hydrogens is 348 g/mol. The van der Waals surface area contributed by atoms with E-state index in [-0.39, 0.29) is 23.9 Å². The number of amides is 1.